The van der Waals surface area contributed by atoms with Crippen molar-refractivity contribution >= 4 is 22.7 Å². The third-order valence-corrected chi connectivity index (χ3v) is 7.47. The van der Waals surface area contributed by atoms with Crippen LogP contribution in [0.15, 0.2) is 29.2 Å². The van der Waals surface area contributed by atoms with Crippen molar-refractivity contribution in [2.75, 3.05) is 6.26 Å². The van der Waals surface area contributed by atoms with Crippen molar-refractivity contribution in [1.29, 1.82) is 0 Å². The smallest absolute Gasteiger partial charge is 0.340 e. The first-order chi connectivity index (χ1) is 12.8. The van der Waals surface area contributed by atoms with Gasteiger partial charge in [-0.1, -0.05) is 12.1 Å². The Bertz CT molecular complexity index is 755. The molecule has 1 N–H and O–H groups in total. The summed E-state index contributed by atoms with van der Waals surface area (Å²) in [5.41, 5.74) is 0.155. The van der Waals surface area contributed by atoms with E-state index in [0.29, 0.717) is 4.90 Å². The molecule has 0 saturated heterocycles. The topological polar surface area (TPSA) is 72.5 Å². The van der Waals surface area contributed by atoms with Crippen molar-refractivity contribution in [3.63, 3.8) is 0 Å². The van der Waals surface area contributed by atoms with Crippen LogP contribution in [0.4, 0.5) is 0 Å². The molecule has 146 valence electrons. The summed E-state index contributed by atoms with van der Waals surface area (Å²) in [7, 11) is -1.30. The van der Waals surface area contributed by atoms with E-state index in [4.69, 9.17) is 4.74 Å². The summed E-state index contributed by atoms with van der Waals surface area (Å²) >= 11 is 0. The number of hydrogen-bond acceptors (Lipinski definition) is 4. The number of rotatable bonds is 5. The van der Waals surface area contributed by atoms with E-state index in [1.165, 1.54) is 25.5 Å². The normalized spacial score (nSPS) is 33.3. The Morgan fingerprint density at radius 1 is 1.11 bits per heavy atom. The molecule has 2 atom stereocenters. The molecule has 27 heavy (non-hydrogen) atoms. The Morgan fingerprint density at radius 3 is 2.22 bits per heavy atom. The molecule has 6 heteroatoms. The van der Waals surface area contributed by atoms with Gasteiger partial charge in [-0.2, -0.15) is 0 Å². The van der Waals surface area contributed by atoms with E-state index in [1.54, 1.807) is 31.2 Å². The van der Waals surface area contributed by atoms with Crippen molar-refractivity contribution in [2.45, 2.75) is 62.0 Å². The van der Waals surface area contributed by atoms with E-state index < -0.39 is 22.9 Å². The summed E-state index contributed by atoms with van der Waals surface area (Å²) in [6, 6.07) is 6.67. The Hall–Kier alpha value is -1.69. The first-order valence-corrected chi connectivity index (χ1v) is 11.4. The Labute approximate surface area is 162 Å². The number of carbonyl (C=O) groups is 2. The molecule has 0 aliphatic heterocycles. The lowest BCUT2D eigenvalue weighted by molar-refractivity contribution is -0.134. The molecule has 4 saturated carbocycles. The van der Waals surface area contributed by atoms with Crippen molar-refractivity contribution in [2.24, 2.45) is 17.8 Å². The fraction of sp³-hybridized carbons (Fsp3) is 0.619. The fourth-order valence-electron chi connectivity index (χ4n) is 5.79. The molecule has 0 radical (unpaired) electrons. The van der Waals surface area contributed by atoms with E-state index in [-0.39, 0.29) is 17.0 Å². The maximum absolute atomic E-state index is 12.8. The maximum atomic E-state index is 12.8. The van der Waals surface area contributed by atoms with Gasteiger partial charge in [0.05, 0.1) is 21.3 Å². The third-order valence-electron chi connectivity index (χ3n) is 6.50. The number of hydrogen-bond donors (Lipinski definition) is 1. The summed E-state index contributed by atoms with van der Waals surface area (Å²) in [6.45, 7) is 1.61. The van der Waals surface area contributed by atoms with Crippen LogP contribution in [0.2, 0.25) is 0 Å². The van der Waals surface area contributed by atoms with Crippen molar-refractivity contribution in [3.8, 4) is 0 Å². The molecule has 4 aliphatic carbocycles. The SMILES string of the molecule is C[C@H](OC(=O)c1ccccc1[S@@](C)=O)C(=O)NC12CC3CC(CC(C3)C1)C2. The lowest BCUT2D eigenvalue weighted by Crippen LogP contribution is -2.61. The second-order valence-electron chi connectivity index (χ2n) is 8.68. The largest absolute Gasteiger partial charge is 0.449 e. The van der Waals surface area contributed by atoms with Crippen molar-refractivity contribution < 1.29 is 18.5 Å². The first-order valence-electron chi connectivity index (χ1n) is 9.81. The van der Waals surface area contributed by atoms with Gasteiger partial charge in [0.25, 0.3) is 5.91 Å². The first kappa shape index (κ1) is 18.7. The molecular formula is C21H27NO4S. The quantitative estimate of drug-likeness (QED) is 0.786. The average molecular weight is 390 g/mol. The van der Waals surface area contributed by atoms with E-state index in [9.17, 15) is 13.8 Å². The molecule has 1 aromatic rings. The molecule has 0 heterocycles. The Morgan fingerprint density at radius 2 is 1.67 bits per heavy atom. The van der Waals surface area contributed by atoms with E-state index in [1.807, 2.05) is 0 Å². The summed E-state index contributed by atoms with van der Waals surface area (Å²) in [4.78, 5) is 25.7. The number of nitrogens with one attached hydrogen (secondary N) is 1. The average Bonchev–Trinajstić information content (AvgIpc) is 2.59. The van der Waals surface area contributed by atoms with Crippen LogP contribution >= 0.6 is 0 Å². The van der Waals surface area contributed by atoms with Crippen LogP contribution in [0.3, 0.4) is 0 Å². The highest BCUT2D eigenvalue weighted by molar-refractivity contribution is 7.84. The van der Waals surface area contributed by atoms with Crippen LogP contribution < -0.4 is 5.32 Å². The van der Waals surface area contributed by atoms with Gasteiger partial charge in [-0.05, 0) is 75.3 Å². The summed E-state index contributed by atoms with van der Waals surface area (Å²) in [6.07, 6.45) is 7.76. The zero-order chi connectivity index (χ0) is 19.2. The predicted molar refractivity (Wildman–Crippen MR) is 103 cm³/mol. The zero-order valence-corrected chi connectivity index (χ0v) is 16.7. The van der Waals surface area contributed by atoms with Crippen LogP contribution in [0.1, 0.15) is 55.8 Å². The fourth-order valence-corrected chi connectivity index (χ4v) is 6.52. The van der Waals surface area contributed by atoms with Gasteiger partial charge in [0.2, 0.25) is 0 Å². The second kappa shape index (κ2) is 7.04. The van der Waals surface area contributed by atoms with Crippen LogP contribution in [0, 0.1) is 17.8 Å². The highest BCUT2D eigenvalue weighted by Gasteiger charge is 2.51. The van der Waals surface area contributed by atoms with Crippen LogP contribution in [-0.2, 0) is 20.3 Å². The molecule has 0 aromatic heterocycles. The number of ether oxygens (including phenoxy) is 1. The lowest BCUT2D eigenvalue weighted by Gasteiger charge is -2.57. The number of amides is 1. The molecule has 4 aliphatic rings. The van der Waals surface area contributed by atoms with E-state index in [0.717, 1.165) is 37.0 Å². The lowest BCUT2D eigenvalue weighted by atomic mass is 9.53. The monoisotopic (exact) mass is 389 g/mol. The molecule has 1 aromatic carbocycles. The van der Waals surface area contributed by atoms with Gasteiger partial charge in [-0.25, -0.2) is 4.79 Å². The zero-order valence-electron chi connectivity index (χ0n) is 15.9. The van der Waals surface area contributed by atoms with Gasteiger partial charge in [0.15, 0.2) is 6.10 Å². The molecule has 0 spiro atoms. The molecular weight excluding hydrogens is 362 g/mol. The van der Waals surface area contributed by atoms with Gasteiger partial charge in [-0.15, -0.1) is 0 Å². The van der Waals surface area contributed by atoms with Crippen LogP contribution in [-0.4, -0.2) is 34.0 Å². The predicted octanol–water partition coefficient (Wildman–Crippen LogP) is 3.05. The third kappa shape index (κ3) is 3.68. The van der Waals surface area contributed by atoms with Gasteiger partial charge in [0, 0.05) is 11.8 Å². The summed E-state index contributed by atoms with van der Waals surface area (Å²) < 4.78 is 17.2. The van der Waals surface area contributed by atoms with E-state index >= 15 is 0 Å². The number of benzene rings is 1. The Balaban J connectivity index is 1.42. The highest BCUT2D eigenvalue weighted by Crippen LogP contribution is 2.55. The van der Waals surface area contributed by atoms with Crippen LogP contribution in [0.5, 0.6) is 0 Å². The van der Waals surface area contributed by atoms with Crippen LogP contribution in [0.25, 0.3) is 0 Å². The van der Waals surface area contributed by atoms with Gasteiger partial charge >= 0.3 is 5.97 Å². The Kier molecular flexibility index (Phi) is 4.87. The molecule has 5 nitrogen and oxygen atoms in total. The molecule has 5 rings (SSSR count). The maximum Gasteiger partial charge on any atom is 0.340 e. The number of esters is 1. The molecule has 1 amide bonds. The standard InChI is InChI=1S/C21H27NO4S/c1-13(26-20(24)17-5-3-4-6-18(17)27(2)25)19(23)22-21-10-14-7-15(11-21)9-16(8-14)12-21/h3-6,13-16H,7-12H2,1-2H3,(H,22,23)/t13-,14?,15?,16?,21?,27+/m0/s1. The van der Waals surface area contributed by atoms with Gasteiger partial charge in [-0.3, -0.25) is 9.00 Å². The van der Waals surface area contributed by atoms with Crippen molar-refractivity contribution in [1.82, 2.24) is 5.32 Å². The van der Waals surface area contributed by atoms with Gasteiger partial charge < -0.3 is 10.1 Å². The minimum atomic E-state index is -1.30. The summed E-state index contributed by atoms with van der Waals surface area (Å²) in [5, 5.41) is 3.24. The summed E-state index contributed by atoms with van der Waals surface area (Å²) in [5.74, 6) is 1.39. The minimum Gasteiger partial charge on any atom is -0.449 e. The minimum absolute atomic E-state index is 0.102. The van der Waals surface area contributed by atoms with Crippen molar-refractivity contribution in [3.05, 3.63) is 29.8 Å². The molecule has 4 fully saturated rings. The molecule has 0 unspecified atom stereocenters. The number of carbonyl (C=O) groups excluding carboxylic acids is 2. The highest BCUT2D eigenvalue weighted by atomic mass is 32.2. The van der Waals surface area contributed by atoms with Gasteiger partial charge in [0.1, 0.15) is 0 Å². The molecule has 4 bridgehead atoms. The van der Waals surface area contributed by atoms with E-state index in [2.05, 4.69) is 5.32 Å². The second-order valence-corrected chi connectivity index (χ2v) is 10.0.